The van der Waals surface area contributed by atoms with E-state index >= 15 is 0 Å². The summed E-state index contributed by atoms with van der Waals surface area (Å²) >= 11 is 0. The third-order valence-corrected chi connectivity index (χ3v) is 6.16. The molecule has 0 saturated carbocycles. The highest BCUT2D eigenvalue weighted by Crippen LogP contribution is 2.21. The number of unbranched alkanes of at least 4 members (excludes halogenated alkanes) is 12. The van der Waals surface area contributed by atoms with Crippen LogP contribution < -0.4 is 0 Å². The van der Waals surface area contributed by atoms with E-state index in [2.05, 4.69) is 46.6 Å². The van der Waals surface area contributed by atoms with Crippen LogP contribution >= 0.6 is 0 Å². The van der Waals surface area contributed by atoms with Crippen molar-refractivity contribution in [3.63, 3.8) is 0 Å². The lowest BCUT2D eigenvalue weighted by Crippen LogP contribution is -2.41. The average molecular weight is 368 g/mol. The lowest BCUT2D eigenvalue weighted by Gasteiger charge is -2.35. The maximum absolute atomic E-state index is 2.54. The van der Waals surface area contributed by atoms with Gasteiger partial charge in [0.05, 0.1) is 0 Å². The second-order valence-electron chi connectivity index (χ2n) is 9.76. The van der Waals surface area contributed by atoms with Crippen LogP contribution in [0.4, 0.5) is 0 Å². The number of rotatable bonds is 19. The summed E-state index contributed by atoms with van der Waals surface area (Å²) in [5, 5.41) is 0. The van der Waals surface area contributed by atoms with Crippen LogP contribution in [0.25, 0.3) is 0 Å². The molecule has 158 valence electrons. The van der Waals surface area contributed by atoms with Crippen molar-refractivity contribution in [1.82, 2.24) is 4.90 Å². The lowest BCUT2D eigenvalue weighted by molar-refractivity contribution is 0.142. The van der Waals surface area contributed by atoms with Crippen molar-refractivity contribution in [3.05, 3.63) is 0 Å². The molecule has 0 N–H and O–H groups in total. The first kappa shape index (κ1) is 26.0. The van der Waals surface area contributed by atoms with Crippen LogP contribution in [0.1, 0.15) is 137 Å². The highest BCUT2D eigenvalue weighted by atomic mass is 15.2. The Balaban J connectivity index is 3.27. The Kier molecular flexibility index (Phi) is 17.1. The predicted molar refractivity (Wildman–Crippen MR) is 121 cm³/mol. The van der Waals surface area contributed by atoms with Gasteiger partial charge < -0.3 is 4.90 Å². The first-order valence-corrected chi connectivity index (χ1v) is 12.1. The van der Waals surface area contributed by atoms with Gasteiger partial charge in [0.15, 0.2) is 0 Å². The zero-order valence-electron chi connectivity index (χ0n) is 19.5. The second-order valence-corrected chi connectivity index (χ2v) is 9.76. The average Bonchev–Trinajstić information content (AvgIpc) is 2.58. The number of hydrogen-bond acceptors (Lipinski definition) is 1. The smallest absolute Gasteiger partial charge is 0.0150 e. The molecule has 0 aliphatic heterocycles. The molecule has 0 aliphatic rings. The molecule has 0 unspecified atom stereocenters. The Hall–Kier alpha value is -0.0400. The van der Waals surface area contributed by atoms with Gasteiger partial charge in [0, 0.05) is 5.54 Å². The number of nitrogens with zero attached hydrogens (tertiary/aromatic N) is 1. The molecule has 0 aliphatic carbocycles. The third kappa shape index (κ3) is 16.2. The summed E-state index contributed by atoms with van der Waals surface area (Å²) in [5.41, 5.74) is 0.380. The summed E-state index contributed by atoms with van der Waals surface area (Å²) in [4.78, 5) is 2.54. The van der Waals surface area contributed by atoms with Gasteiger partial charge in [0.25, 0.3) is 0 Å². The van der Waals surface area contributed by atoms with Crippen molar-refractivity contribution in [2.75, 3.05) is 13.6 Å². The minimum absolute atomic E-state index is 0.380. The zero-order chi connectivity index (χ0) is 19.7. The Bertz CT molecular complexity index is 282. The van der Waals surface area contributed by atoms with Crippen molar-refractivity contribution >= 4 is 0 Å². The predicted octanol–water partition coefficient (Wildman–Crippen LogP) is 8.61. The summed E-state index contributed by atoms with van der Waals surface area (Å²) in [6.07, 6.45) is 23.0. The fraction of sp³-hybridized carbons (Fsp3) is 1.00. The first-order chi connectivity index (χ1) is 12.4. The van der Waals surface area contributed by atoms with Crippen LogP contribution in [0, 0.1) is 5.92 Å². The van der Waals surface area contributed by atoms with Crippen molar-refractivity contribution in [2.45, 2.75) is 143 Å². The maximum Gasteiger partial charge on any atom is 0.0150 e. The Morgan fingerprint density at radius 1 is 0.654 bits per heavy atom. The van der Waals surface area contributed by atoms with Crippen LogP contribution in [-0.4, -0.2) is 24.0 Å². The van der Waals surface area contributed by atoms with Gasteiger partial charge in [-0.05, 0) is 46.2 Å². The standard InChI is InChI=1S/C25H53N/c1-7-23-26(6)25(4,5)22-20-18-16-14-12-10-8-9-11-13-15-17-19-21-24(2)3/h24H,7-23H2,1-6H3. The van der Waals surface area contributed by atoms with Crippen molar-refractivity contribution in [3.8, 4) is 0 Å². The van der Waals surface area contributed by atoms with Crippen LogP contribution in [0.5, 0.6) is 0 Å². The van der Waals surface area contributed by atoms with Gasteiger partial charge in [-0.2, -0.15) is 0 Å². The van der Waals surface area contributed by atoms with E-state index in [0.717, 1.165) is 5.92 Å². The molecule has 0 aromatic carbocycles. The summed E-state index contributed by atoms with van der Waals surface area (Å²) in [6.45, 7) is 13.0. The summed E-state index contributed by atoms with van der Waals surface area (Å²) in [5.74, 6) is 0.892. The minimum Gasteiger partial charge on any atom is -0.301 e. The van der Waals surface area contributed by atoms with Gasteiger partial charge in [-0.15, -0.1) is 0 Å². The normalized spacial score (nSPS) is 12.5. The zero-order valence-corrected chi connectivity index (χ0v) is 19.5. The summed E-state index contributed by atoms with van der Waals surface area (Å²) in [7, 11) is 2.29. The molecule has 0 bridgehead atoms. The van der Waals surface area contributed by atoms with E-state index in [1.165, 1.54) is 109 Å². The molecule has 0 amide bonds. The van der Waals surface area contributed by atoms with Crippen molar-refractivity contribution in [1.29, 1.82) is 0 Å². The molecule has 1 nitrogen and oxygen atoms in total. The van der Waals surface area contributed by atoms with Gasteiger partial charge in [0.1, 0.15) is 0 Å². The molecule has 1 heteroatoms. The first-order valence-electron chi connectivity index (χ1n) is 12.1. The van der Waals surface area contributed by atoms with E-state index in [1.807, 2.05) is 0 Å². The molecule has 0 rings (SSSR count). The molecule has 0 aromatic rings. The highest BCUT2D eigenvalue weighted by Gasteiger charge is 2.21. The second kappa shape index (κ2) is 17.1. The molecule has 0 fully saturated rings. The molecule has 0 aromatic heterocycles. The largest absolute Gasteiger partial charge is 0.301 e. The molecule has 0 spiro atoms. The third-order valence-electron chi connectivity index (χ3n) is 6.16. The van der Waals surface area contributed by atoms with E-state index in [4.69, 9.17) is 0 Å². The number of hydrogen-bond donors (Lipinski definition) is 0. The molecular weight excluding hydrogens is 314 g/mol. The van der Waals surface area contributed by atoms with E-state index in [-0.39, 0.29) is 0 Å². The van der Waals surface area contributed by atoms with Crippen molar-refractivity contribution < 1.29 is 0 Å². The van der Waals surface area contributed by atoms with Gasteiger partial charge in [-0.3, -0.25) is 0 Å². The Morgan fingerprint density at radius 2 is 1.04 bits per heavy atom. The summed E-state index contributed by atoms with van der Waals surface area (Å²) < 4.78 is 0. The highest BCUT2D eigenvalue weighted by molar-refractivity contribution is 4.78. The topological polar surface area (TPSA) is 3.24 Å². The van der Waals surface area contributed by atoms with Gasteiger partial charge in [0.2, 0.25) is 0 Å². The van der Waals surface area contributed by atoms with Crippen molar-refractivity contribution in [2.24, 2.45) is 5.92 Å². The van der Waals surface area contributed by atoms with Crippen LogP contribution in [0.3, 0.4) is 0 Å². The fourth-order valence-electron chi connectivity index (χ4n) is 3.88. The maximum atomic E-state index is 2.54. The van der Waals surface area contributed by atoms with Crippen LogP contribution in [0.15, 0.2) is 0 Å². The Morgan fingerprint density at radius 3 is 1.42 bits per heavy atom. The van der Waals surface area contributed by atoms with Gasteiger partial charge in [-0.1, -0.05) is 111 Å². The molecule has 0 heterocycles. The van der Waals surface area contributed by atoms with Gasteiger partial charge >= 0.3 is 0 Å². The van der Waals surface area contributed by atoms with Crippen LogP contribution in [0.2, 0.25) is 0 Å². The van der Waals surface area contributed by atoms with E-state index < -0.39 is 0 Å². The Labute approximate surface area is 167 Å². The van der Waals surface area contributed by atoms with E-state index in [0.29, 0.717) is 5.54 Å². The monoisotopic (exact) mass is 367 g/mol. The lowest BCUT2D eigenvalue weighted by atomic mass is 9.94. The van der Waals surface area contributed by atoms with E-state index in [1.54, 1.807) is 0 Å². The van der Waals surface area contributed by atoms with E-state index in [9.17, 15) is 0 Å². The van der Waals surface area contributed by atoms with Crippen LogP contribution in [-0.2, 0) is 0 Å². The molecule has 0 atom stereocenters. The quantitative estimate of drug-likeness (QED) is 0.206. The SMILES string of the molecule is CCCN(C)C(C)(C)CCCCCCCCCCCCCCCC(C)C. The fourth-order valence-corrected chi connectivity index (χ4v) is 3.88. The van der Waals surface area contributed by atoms with Gasteiger partial charge in [-0.25, -0.2) is 0 Å². The minimum atomic E-state index is 0.380. The molecule has 26 heavy (non-hydrogen) atoms. The molecular formula is C25H53N. The molecule has 0 radical (unpaired) electrons. The molecule has 0 saturated heterocycles. The summed E-state index contributed by atoms with van der Waals surface area (Å²) in [6, 6.07) is 0.